The molecule has 0 aliphatic carbocycles. The van der Waals surface area contributed by atoms with E-state index >= 15 is 0 Å². The minimum absolute atomic E-state index is 0.154. The molecule has 0 aliphatic heterocycles. The quantitative estimate of drug-likeness (QED) is 0.587. The number of carbonyl (C=O) groups is 2. The molecule has 1 aromatic carbocycles. The number of amides is 2. The number of guanidine groups is 1. The lowest BCUT2D eigenvalue weighted by atomic mass is 10.2. The number of carbonyl (C=O) groups excluding carboxylic acids is 2. The van der Waals surface area contributed by atoms with E-state index in [2.05, 4.69) is 15.6 Å². The zero-order valence-corrected chi connectivity index (χ0v) is 15.8. The van der Waals surface area contributed by atoms with Gasteiger partial charge in [-0.15, -0.1) is 0 Å². The van der Waals surface area contributed by atoms with Gasteiger partial charge in [-0.25, -0.2) is 14.6 Å². The Morgan fingerprint density at radius 3 is 1.69 bits per heavy atom. The predicted molar refractivity (Wildman–Crippen MR) is 97.0 cm³/mol. The van der Waals surface area contributed by atoms with Crippen LogP contribution in [-0.2, 0) is 9.47 Å². The first-order valence-corrected chi connectivity index (χ1v) is 7.97. The highest BCUT2D eigenvalue weighted by molar-refractivity contribution is 6.02. The van der Waals surface area contributed by atoms with Crippen LogP contribution in [0.5, 0.6) is 0 Å². The lowest BCUT2D eigenvalue weighted by molar-refractivity contribution is 0.0545. The Balaban J connectivity index is 2.99. The molecule has 0 radical (unpaired) electrons. The first kappa shape index (κ1) is 21.0. The van der Waals surface area contributed by atoms with Crippen LogP contribution in [0.1, 0.15) is 47.1 Å². The smallest absolute Gasteiger partial charge is 0.414 e. The summed E-state index contributed by atoms with van der Waals surface area (Å²) in [7, 11) is 0. The summed E-state index contributed by atoms with van der Waals surface area (Å²) in [6, 6.07) is 8.28. The van der Waals surface area contributed by atoms with Crippen molar-refractivity contribution in [3.8, 4) is 6.07 Å². The Kier molecular flexibility index (Phi) is 6.72. The molecule has 0 saturated carbocycles. The van der Waals surface area contributed by atoms with Gasteiger partial charge in [0.05, 0.1) is 17.3 Å². The van der Waals surface area contributed by atoms with Gasteiger partial charge in [-0.05, 0) is 65.8 Å². The molecule has 2 N–H and O–H groups in total. The average Bonchev–Trinajstić information content (AvgIpc) is 2.43. The van der Waals surface area contributed by atoms with Gasteiger partial charge in [0.2, 0.25) is 5.96 Å². The molecule has 0 bridgehead atoms. The molecule has 8 nitrogen and oxygen atoms in total. The van der Waals surface area contributed by atoms with E-state index in [1.165, 1.54) is 0 Å². The largest absolute Gasteiger partial charge is 0.444 e. The fourth-order valence-electron chi connectivity index (χ4n) is 1.63. The van der Waals surface area contributed by atoms with Gasteiger partial charge in [0.25, 0.3) is 0 Å². The monoisotopic (exact) mass is 360 g/mol. The van der Waals surface area contributed by atoms with E-state index in [1.807, 2.05) is 6.07 Å². The van der Waals surface area contributed by atoms with E-state index in [4.69, 9.17) is 14.7 Å². The minimum Gasteiger partial charge on any atom is -0.444 e. The molecule has 0 heterocycles. The second kappa shape index (κ2) is 8.34. The summed E-state index contributed by atoms with van der Waals surface area (Å²) >= 11 is 0. The first-order valence-electron chi connectivity index (χ1n) is 7.97. The molecule has 0 aliphatic rings. The second-order valence-electron chi connectivity index (χ2n) is 7.37. The Hall–Kier alpha value is -3.08. The molecule has 8 heteroatoms. The highest BCUT2D eigenvalue weighted by Gasteiger charge is 2.21. The summed E-state index contributed by atoms with van der Waals surface area (Å²) in [5.41, 5.74) is -0.540. The maximum Gasteiger partial charge on any atom is 0.414 e. The van der Waals surface area contributed by atoms with Crippen molar-refractivity contribution in [1.82, 2.24) is 10.6 Å². The molecule has 0 aromatic heterocycles. The van der Waals surface area contributed by atoms with Crippen molar-refractivity contribution in [2.24, 2.45) is 4.99 Å². The number of benzene rings is 1. The third-order valence-electron chi connectivity index (χ3n) is 2.48. The number of nitrogens with zero attached hydrogens (tertiary/aromatic N) is 2. The summed E-state index contributed by atoms with van der Waals surface area (Å²) in [5.74, 6) is -0.154. The van der Waals surface area contributed by atoms with Gasteiger partial charge in [0.1, 0.15) is 11.2 Å². The number of hydrogen-bond donors (Lipinski definition) is 2. The SMILES string of the molecule is CC(C)(C)OC(=O)NC(=Nc1ccc(C#N)cc1)NC(=O)OC(C)(C)C. The maximum atomic E-state index is 12.0. The summed E-state index contributed by atoms with van der Waals surface area (Å²) in [6.07, 6.45) is -1.55. The van der Waals surface area contributed by atoms with Crippen LogP contribution in [0, 0.1) is 11.3 Å². The maximum absolute atomic E-state index is 12.0. The van der Waals surface area contributed by atoms with Crippen LogP contribution in [-0.4, -0.2) is 29.3 Å². The molecule has 0 fully saturated rings. The Bertz CT molecular complexity index is 688. The molecule has 0 saturated heterocycles. The summed E-state index contributed by atoms with van der Waals surface area (Å²) in [5, 5.41) is 13.6. The lowest BCUT2D eigenvalue weighted by Crippen LogP contribution is -2.47. The average molecular weight is 360 g/mol. The number of rotatable bonds is 1. The first-order chi connectivity index (χ1) is 11.9. The van der Waals surface area contributed by atoms with Crippen molar-refractivity contribution in [2.45, 2.75) is 52.7 Å². The second-order valence-corrected chi connectivity index (χ2v) is 7.37. The number of nitriles is 1. The Labute approximate surface area is 153 Å². The van der Waals surface area contributed by atoms with Crippen LogP contribution in [0.4, 0.5) is 15.3 Å². The summed E-state index contributed by atoms with van der Waals surface area (Å²) in [6.45, 7) is 10.3. The standard InChI is InChI=1S/C18H24N4O4/c1-17(2,3)25-15(23)21-14(22-16(24)26-18(4,5)6)20-13-9-7-12(11-19)8-10-13/h7-10H,1-6H3,(H2,20,21,22,23,24). The molecular formula is C18H24N4O4. The Morgan fingerprint density at radius 2 is 1.35 bits per heavy atom. The van der Waals surface area contributed by atoms with Crippen molar-refractivity contribution >= 4 is 23.8 Å². The number of nitrogens with one attached hydrogen (secondary N) is 2. The number of aliphatic imine (C=N–C) groups is 1. The summed E-state index contributed by atoms with van der Waals surface area (Å²) < 4.78 is 10.3. The van der Waals surface area contributed by atoms with E-state index < -0.39 is 23.4 Å². The van der Waals surface area contributed by atoms with Gasteiger partial charge in [0, 0.05) is 0 Å². The minimum atomic E-state index is -0.777. The van der Waals surface area contributed by atoms with Crippen molar-refractivity contribution in [1.29, 1.82) is 5.26 Å². The fraction of sp³-hybridized carbons (Fsp3) is 0.444. The topological polar surface area (TPSA) is 113 Å². The van der Waals surface area contributed by atoms with Gasteiger partial charge >= 0.3 is 12.2 Å². The van der Waals surface area contributed by atoms with E-state index in [9.17, 15) is 9.59 Å². The summed E-state index contributed by atoms with van der Waals surface area (Å²) in [4.78, 5) is 28.1. The van der Waals surface area contributed by atoms with Gasteiger partial charge < -0.3 is 9.47 Å². The molecule has 140 valence electrons. The van der Waals surface area contributed by atoms with Crippen LogP contribution < -0.4 is 10.6 Å². The molecule has 26 heavy (non-hydrogen) atoms. The highest BCUT2D eigenvalue weighted by atomic mass is 16.6. The predicted octanol–water partition coefficient (Wildman–Crippen LogP) is 3.60. The van der Waals surface area contributed by atoms with Crippen LogP contribution in [0.2, 0.25) is 0 Å². The van der Waals surface area contributed by atoms with Crippen LogP contribution in [0.25, 0.3) is 0 Å². The van der Waals surface area contributed by atoms with Crippen molar-refractivity contribution in [3.63, 3.8) is 0 Å². The van der Waals surface area contributed by atoms with Crippen LogP contribution in [0.3, 0.4) is 0 Å². The molecule has 1 rings (SSSR count). The zero-order valence-electron chi connectivity index (χ0n) is 15.8. The Morgan fingerprint density at radius 1 is 0.923 bits per heavy atom. The van der Waals surface area contributed by atoms with E-state index in [1.54, 1.807) is 65.8 Å². The molecular weight excluding hydrogens is 336 g/mol. The van der Waals surface area contributed by atoms with Crippen LogP contribution >= 0.6 is 0 Å². The van der Waals surface area contributed by atoms with Gasteiger partial charge in [-0.3, -0.25) is 10.6 Å². The molecule has 2 amide bonds. The number of alkyl carbamates (subject to hydrolysis) is 2. The third kappa shape index (κ3) is 8.68. The number of hydrogen-bond acceptors (Lipinski definition) is 6. The molecule has 0 spiro atoms. The number of ether oxygens (including phenoxy) is 2. The van der Waals surface area contributed by atoms with Crippen molar-refractivity contribution in [3.05, 3.63) is 29.8 Å². The van der Waals surface area contributed by atoms with E-state index in [0.717, 1.165) is 0 Å². The third-order valence-corrected chi connectivity index (χ3v) is 2.48. The van der Waals surface area contributed by atoms with Crippen LogP contribution in [0.15, 0.2) is 29.3 Å². The van der Waals surface area contributed by atoms with Gasteiger partial charge in [-0.1, -0.05) is 0 Å². The molecule has 1 aromatic rings. The van der Waals surface area contributed by atoms with Gasteiger partial charge in [-0.2, -0.15) is 5.26 Å². The molecule has 0 atom stereocenters. The van der Waals surface area contributed by atoms with Crippen molar-refractivity contribution in [2.75, 3.05) is 0 Å². The lowest BCUT2D eigenvalue weighted by Gasteiger charge is -2.22. The normalized spacial score (nSPS) is 11.0. The molecule has 0 unspecified atom stereocenters. The van der Waals surface area contributed by atoms with E-state index in [-0.39, 0.29) is 5.96 Å². The van der Waals surface area contributed by atoms with Crippen molar-refractivity contribution < 1.29 is 19.1 Å². The van der Waals surface area contributed by atoms with Gasteiger partial charge in [0.15, 0.2) is 0 Å². The van der Waals surface area contributed by atoms with E-state index in [0.29, 0.717) is 11.3 Å². The highest BCUT2D eigenvalue weighted by Crippen LogP contribution is 2.13. The zero-order chi connectivity index (χ0) is 20.0. The fourth-order valence-corrected chi connectivity index (χ4v) is 1.63.